The van der Waals surface area contributed by atoms with E-state index in [1.165, 1.54) is 30.2 Å². The number of hydrogen-bond donors (Lipinski definition) is 0. The standard InChI is InChI=1S/C12H15ClN2O4/c1-14(12(16)4-3-7-13)10-8-9(15(17)18)5-6-11(10)19-2/h5-6,8H,3-4,7H2,1-2H3. The lowest BCUT2D eigenvalue weighted by Gasteiger charge is -2.19. The van der Waals surface area contributed by atoms with E-state index in [0.717, 1.165) is 0 Å². The van der Waals surface area contributed by atoms with Gasteiger partial charge in [-0.1, -0.05) is 0 Å². The number of hydrogen-bond acceptors (Lipinski definition) is 4. The van der Waals surface area contributed by atoms with Crippen LogP contribution in [0.15, 0.2) is 18.2 Å². The van der Waals surface area contributed by atoms with Gasteiger partial charge in [0.05, 0.1) is 17.7 Å². The highest BCUT2D eigenvalue weighted by atomic mass is 35.5. The number of nitrogens with zero attached hydrogens (tertiary/aromatic N) is 2. The summed E-state index contributed by atoms with van der Waals surface area (Å²) in [6, 6.07) is 4.12. The molecule has 6 nitrogen and oxygen atoms in total. The molecule has 1 aromatic carbocycles. The van der Waals surface area contributed by atoms with Gasteiger partial charge in [-0.05, 0) is 12.5 Å². The van der Waals surface area contributed by atoms with Crippen molar-refractivity contribution in [3.8, 4) is 5.75 Å². The Balaban J connectivity index is 3.05. The number of alkyl halides is 1. The predicted molar refractivity (Wildman–Crippen MR) is 73.0 cm³/mol. The molecule has 104 valence electrons. The van der Waals surface area contributed by atoms with Gasteiger partial charge in [0.2, 0.25) is 5.91 Å². The van der Waals surface area contributed by atoms with Gasteiger partial charge in [0.15, 0.2) is 0 Å². The lowest BCUT2D eigenvalue weighted by Crippen LogP contribution is -2.26. The topological polar surface area (TPSA) is 72.7 Å². The minimum atomic E-state index is -0.514. The van der Waals surface area contributed by atoms with Crippen molar-refractivity contribution in [3.63, 3.8) is 0 Å². The molecule has 0 aliphatic heterocycles. The minimum absolute atomic E-state index is 0.0900. The van der Waals surface area contributed by atoms with Crippen LogP contribution in [0.3, 0.4) is 0 Å². The van der Waals surface area contributed by atoms with E-state index in [2.05, 4.69) is 0 Å². The molecule has 1 aromatic rings. The molecule has 0 aliphatic rings. The number of methoxy groups -OCH3 is 1. The summed E-state index contributed by atoms with van der Waals surface area (Å²) >= 11 is 5.54. The van der Waals surface area contributed by atoms with E-state index >= 15 is 0 Å². The third kappa shape index (κ3) is 3.82. The van der Waals surface area contributed by atoms with E-state index in [9.17, 15) is 14.9 Å². The summed E-state index contributed by atoms with van der Waals surface area (Å²) in [5, 5.41) is 10.8. The summed E-state index contributed by atoms with van der Waals surface area (Å²) in [5.41, 5.74) is 0.282. The number of nitro benzene ring substituents is 1. The number of amides is 1. The largest absolute Gasteiger partial charge is 0.495 e. The molecule has 0 aromatic heterocycles. The van der Waals surface area contributed by atoms with Crippen LogP contribution in [0.25, 0.3) is 0 Å². The van der Waals surface area contributed by atoms with Gasteiger partial charge in [0.1, 0.15) is 5.75 Å². The number of anilines is 1. The molecular weight excluding hydrogens is 272 g/mol. The molecule has 1 rings (SSSR count). The molecule has 0 fully saturated rings. The van der Waals surface area contributed by atoms with Crippen molar-refractivity contribution in [2.75, 3.05) is 24.9 Å². The van der Waals surface area contributed by atoms with Crippen LogP contribution in [-0.4, -0.2) is 30.9 Å². The van der Waals surface area contributed by atoms with Crippen molar-refractivity contribution in [2.45, 2.75) is 12.8 Å². The number of benzene rings is 1. The zero-order valence-corrected chi connectivity index (χ0v) is 11.5. The van der Waals surface area contributed by atoms with Crippen LogP contribution in [0.1, 0.15) is 12.8 Å². The Morgan fingerprint density at radius 2 is 2.21 bits per heavy atom. The predicted octanol–water partition coefficient (Wildman–Crippen LogP) is 2.59. The maximum absolute atomic E-state index is 11.9. The summed E-state index contributed by atoms with van der Waals surface area (Å²) < 4.78 is 5.11. The van der Waals surface area contributed by atoms with Crippen LogP contribution < -0.4 is 9.64 Å². The Labute approximate surface area is 116 Å². The highest BCUT2D eigenvalue weighted by Gasteiger charge is 2.18. The van der Waals surface area contributed by atoms with Crippen LogP contribution in [0.5, 0.6) is 5.75 Å². The smallest absolute Gasteiger partial charge is 0.271 e. The van der Waals surface area contributed by atoms with E-state index in [4.69, 9.17) is 16.3 Å². The fourth-order valence-electron chi connectivity index (χ4n) is 1.57. The van der Waals surface area contributed by atoms with Crippen molar-refractivity contribution in [1.29, 1.82) is 0 Å². The van der Waals surface area contributed by atoms with E-state index in [1.54, 1.807) is 7.05 Å². The lowest BCUT2D eigenvalue weighted by atomic mass is 10.2. The van der Waals surface area contributed by atoms with E-state index in [1.807, 2.05) is 0 Å². The first kappa shape index (κ1) is 15.2. The second kappa shape index (κ2) is 6.94. The number of rotatable bonds is 6. The molecule has 7 heteroatoms. The molecule has 0 radical (unpaired) electrons. The summed E-state index contributed by atoms with van der Waals surface area (Å²) in [7, 11) is 3.00. The van der Waals surface area contributed by atoms with Gasteiger partial charge in [0.25, 0.3) is 5.69 Å². The van der Waals surface area contributed by atoms with Gasteiger partial charge in [-0.25, -0.2) is 0 Å². The number of nitro groups is 1. The zero-order valence-electron chi connectivity index (χ0n) is 10.8. The second-order valence-electron chi connectivity index (χ2n) is 3.86. The molecule has 0 unspecified atom stereocenters. The van der Waals surface area contributed by atoms with Crippen molar-refractivity contribution in [2.24, 2.45) is 0 Å². The highest BCUT2D eigenvalue weighted by molar-refractivity contribution is 6.18. The Bertz CT molecular complexity index is 479. The maximum atomic E-state index is 11.9. The molecular formula is C12H15ClN2O4. The van der Waals surface area contributed by atoms with Crippen LogP contribution in [0.4, 0.5) is 11.4 Å². The Morgan fingerprint density at radius 1 is 1.53 bits per heavy atom. The molecule has 1 amide bonds. The van der Waals surface area contributed by atoms with Crippen molar-refractivity contribution < 1.29 is 14.5 Å². The third-order valence-corrected chi connectivity index (χ3v) is 2.90. The first-order chi connectivity index (χ1) is 9.01. The second-order valence-corrected chi connectivity index (χ2v) is 4.24. The van der Waals surface area contributed by atoms with Crippen molar-refractivity contribution in [3.05, 3.63) is 28.3 Å². The van der Waals surface area contributed by atoms with Crippen LogP contribution in [0.2, 0.25) is 0 Å². The Morgan fingerprint density at radius 3 is 2.74 bits per heavy atom. The van der Waals surface area contributed by atoms with Gasteiger partial charge >= 0.3 is 0 Å². The van der Waals surface area contributed by atoms with Gasteiger partial charge in [-0.15, -0.1) is 11.6 Å². The minimum Gasteiger partial charge on any atom is -0.495 e. The molecule has 0 spiro atoms. The number of carbonyl (C=O) groups is 1. The van der Waals surface area contributed by atoms with Crippen molar-refractivity contribution >= 4 is 28.9 Å². The maximum Gasteiger partial charge on any atom is 0.271 e. The molecule has 0 N–H and O–H groups in total. The number of carbonyl (C=O) groups excluding carboxylic acids is 1. The van der Waals surface area contributed by atoms with Gasteiger partial charge < -0.3 is 9.64 Å². The molecule has 0 saturated heterocycles. The average Bonchev–Trinajstić information content (AvgIpc) is 2.42. The Hall–Kier alpha value is -1.82. The van der Waals surface area contributed by atoms with E-state index in [0.29, 0.717) is 23.7 Å². The molecule has 0 bridgehead atoms. The summed E-state index contributed by atoms with van der Waals surface area (Å²) in [4.78, 5) is 23.5. The molecule has 0 saturated carbocycles. The number of non-ortho nitro benzene ring substituents is 1. The first-order valence-electron chi connectivity index (χ1n) is 5.66. The van der Waals surface area contributed by atoms with E-state index < -0.39 is 4.92 Å². The zero-order chi connectivity index (χ0) is 14.4. The van der Waals surface area contributed by atoms with Crippen molar-refractivity contribution in [1.82, 2.24) is 0 Å². The molecule has 0 heterocycles. The fourth-order valence-corrected chi connectivity index (χ4v) is 1.71. The third-order valence-electron chi connectivity index (χ3n) is 2.63. The fraction of sp³-hybridized carbons (Fsp3) is 0.417. The molecule has 19 heavy (non-hydrogen) atoms. The van der Waals surface area contributed by atoms with Crippen LogP contribution in [0, 0.1) is 10.1 Å². The van der Waals surface area contributed by atoms with E-state index in [-0.39, 0.29) is 18.0 Å². The number of halogens is 1. The highest BCUT2D eigenvalue weighted by Crippen LogP contribution is 2.31. The normalized spacial score (nSPS) is 10.1. The van der Waals surface area contributed by atoms with Crippen LogP contribution in [-0.2, 0) is 4.79 Å². The molecule has 0 aliphatic carbocycles. The summed E-state index contributed by atoms with van der Waals surface area (Å²) in [6.07, 6.45) is 0.841. The quantitative estimate of drug-likeness (QED) is 0.458. The average molecular weight is 287 g/mol. The summed E-state index contributed by atoms with van der Waals surface area (Å²) in [6.45, 7) is 0. The van der Waals surface area contributed by atoms with Crippen LogP contribution >= 0.6 is 11.6 Å². The lowest BCUT2D eigenvalue weighted by molar-refractivity contribution is -0.384. The first-order valence-corrected chi connectivity index (χ1v) is 6.19. The van der Waals surface area contributed by atoms with Gasteiger partial charge in [-0.2, -0.15) is 0 Å². The monoisotopic (exact) mass is 286 g/mol. The summed E-state index contributed by atoms with van der Waals surface area (Å²) in [5.74, 6) is 0.637. The molecule has 0 atom stereocenters. The van der Waals surface area contributed by atoms with Gasteiger partial charge in [-0.3, -0.25) is 14.9 Å². The SMILES string of the molecule is COc1ccc([N+](=O)[O-])cc1N(C)C(=O)CCCCl. The van der Waals surface area contributed by atoms with Gasteiger partial charge in [0, 0.05) is 31.5 Å². The Kier molecular flexibility index (Phi) is 5.57. The number of ether oxygens (including phenoxy) is 1.